The molecule has 0 radical (unpaired) electrons. The summed E-state index contributed by atoms with van der Waals surface area (Å²) >= 11 is 1.15. The number of amides is 1. The van der Waals surface area contributed by atoms with Crippen LogP contribution in [0, 0.1) is 0 Å². The summed E-state index contributed by atoms with van der Waals surface area (Å²) in [6.07, 6.45) is 7.25. The van der Waals surface area contributed by atoms with Gasteiger partial charge in [0.1, 0.15) is 17.9 Å². The number of nitrogens with one attached hydrogen (secondary N) is 3. The average Bonchev–Trinajstić information content (AvgIpc) is 3.38. The molecule has 1 amide bonds. The molecule has 1 aliphatic heterocycles. The van der Waals surface area contributed by atoms with Gasteiger partial charge in [-0.25, -0.2) is 9.50 Å². The molecule has 1 saturated heterocycles. The predicted molar refractivity (Wildman–Crippen MR) is 120 cm³/mol. The lowest BCUT2D eigenvalue weighted by atomic mass is 10.1. The zero-order valence-electron chi connectivity index (χ0n) is 17.4. The monoisotopic (exact) mass is 450 g/mol. The van der Waals surface area contributed by atoms with E-state index in [-0.39, 0.29) is 17.4 Å². The van der Waals surface area contributed by atoms with Crippen molar-refractivity contribution in [3.05, 3.63) is 36.4 Å². The largest absolute Gasteiger partial charge is 0.327 e. The molecule has 164 valence electrons. The van der Waals surface area contributed by atoms with E-state index in [1.807, 2.05) is 29.3 Å². The van der Waals surface area contributed by atoms with Crippen molar-refractivity contribution in [3.63, 3.8) is 0 Å². The summed E-state index contributed by atoms with van der Waals surface area (Å²) in [5.41, 5.74) is 2.18. The SMILES string of the molecule is CC1(c2cc(Nc3nc(N4CCC[C@H]4C(=O)Nc4ncns4)nn4cccc34)n[nH]2)CC1. The summed E-state index contributed by atoms with van der Waals surface area (Å²) in [5.74, 6) is 1.73. The van der Waals surface area contributed by atoms with Gasteiger partial charge in [0.15, 0.2) is 11.6 Å². The van der Waals surface area contributed by atoms with Crippen LogP contribution in [0.1, 0.15) is 38.3 Å². The molecule has 1 saturated carbocycles. The van der Waals surface area contributed by atoms with Crippen LogP contribution in [-0.2, 0) is 10.2 Å². The third-order valence-electron chi connectivity index (χ3n) is 6.26. The van der Waals surface area contributed by atoms with E-state index in [2.05, 4.69) is 42.2 Å². The van der Waals surface area contributed by atoms with Gasteiger partial charge in [-0.15, -0.1) is 5.10 Å². The lowest BCUT2D eigenvalue weighted by Gasteiger charge is -2.24. The number of fused-ring (bicyclic) bond motifs is 1. The van der Waals surface area contributed by atoms with E-state index in [1.54, 1.807) is 4.52 Å². The Hall–Kier alpha value is -3.54. The molecule has 4 aromatic heterocycles. The highest BCUT2D eigenvalue weighted by Gasteiger charge is 2.40. The number of aromatic nitrogens is 7. The van der Waals surface area contributed by atoms with Crippen molar-refractivity contribution in [1.82, 2.24) is 34.2 Å². The Morgan fingerprint density at radius 2 is 2.28 bits per heavy atom. The van der Waals surface area contributed by atoms with Gasteiger partial charge >= 0.3 is 0 Å². The van der Waals surface area contributed by atoms with Gasteiger partial charge in [0.25, 0.3) is 0 Å². The topological polar surface area (TPSA) is 129 Å². The quantitative estimate of drug-likeness (QED) is 0.409. The first-order valence-corrected chi connectivity index (χ1v) is 11.4. The molecular weight excluding hydrogens is 428 g/mol. The Morgan fingerprint density at radius 3 is 3.09 bits per heavy atom. The number of aromatic amines is 1. The van der Waals surface area contributed by atoms with Crippen LogP contribution >= 0.6 is 11.5 Å². The van der Waals surface area contributed by atoms with Crippen LogP contribution in [-0.4, -0.2) is 52.6 Å². The maximum atomic E-state index is 12.9. The predicted octanol–water partition coefficient (Wildman–Crippen LogP) is 2.71. The summed E-state index contributed by atoms with van der Waals surface area (Å²) in [6, 6.07) is 5.55. The second-order valence-electron chi connectivity index (χ2n) is 8.54. The Bertz CT molecular complexity index is 1270. The number of nitrogens with zero attached hydrogens (tertiary/aromatic N) is 7. The summed E-state index contributed by atoms with van der Waals surface area (Å²) in [4.78, 5) is 23.7. The molecule has 4 aromatic rings. The molecule has 0 unspecified atom stereocenters. The summed E-state index contributed by atoms with van der Waals surface area (Å²) in [5, 5.41) is 18.9. The molecule has 3 N–H and O–H groups in total. The third-order valence-corrected chi connectivity index (χ3v) is 6.84. The number of hydrogen-bond donors (Lipinski definition) is 3. The molecule has 6 rings (SSSR count). The van der Waals surface area contributed by atoms with Crippen LogP contribution in [0.2, 0.25) is 0 Å². The minimum Gasteiger partial charge on any atom is -0.327 e. The molecule has 0 aromatic carbocycles. The van der Waals surface area contributed by atoms with Crippen molar-refractivity contribution in [1.29, 1.82) is 0 Å². The zero-order valence-corrected chi connectivity index (χ0v) is 18.3. The number of H-pyrrole nitrogens is 1. The Labute approximate surface area is 187 Å². The second kappa shape index (κ2) is 7.26. The molecule has 2 fully saturated rings. The molecule has 1 atom stereocenters. The Balaban J connectivity index is 1.29. The standard InChI is InChI=1S/C20H22N10OS/c1-20(6-7-20)14-10-15(27-26-14)23-16-12-4-3-9-30(12)28-18(24-16)29-8-2-5-13(29)17(31)25-19-21-11-22-32-19/h3-4,9-11,13H,2,5-8H2,1H3,(H,21,22,25,31)(H2,23,24,26,27,28)/t13-/m0/s1. The van der Waals surface area contributed by atoms with E-state index in [9.17, 15) is 4.79 Å². The fraction of sp³-hybridized carbons (Fsp3) is 0.400. The van der Waals surface area contributed by atoms with Gasteiger partial charge in [-0.1, -0.05) is 6.92 Å². The van der Waals surface area contributed by atoms with Crippen LogP contribution in [0.25, 0.3) is 5.52 Å². The maximum Gasteiger partial charge on any atom is 0.249 e. The van der Waals surface area contributed by atoms with Crippen molar-refractivity contribution < 1.29 is 4.79 Å². The smallest absolute Gasteiger partial charge is 0.249 e. The first-order chi connectivity index (χ1) is 15.6. The van der Waals surface area contributed by atoms with E-state index in [0.717, 1.165) is 35.6 Å². The first kappa shape index (κ1) is 19.2. The number of anilines is 4. The van der Waals surface area contributed by atoms with Crippen LogP contribution < -0.4 is 15.5 Å². The third kappa shape index (κ3) is 3.36. The van der Waals surface area contributed by atoms with Gasteiger partial charge in [-0.05, 0) is 37.8 Å². The lowest BCUT2D eigenvalue weighted by molar-refractivity contribution is -0.117. The van der Waals surface area contributed by atoms with Crippen molar-refractivity contribution >= 4 is 45.7 Å². The van der Waals surface area contributed by atoms with Crippen LogP contribution in [0.5, 0.6) is 0 Å². The van der Waals surface area contributed by atoms with Gasteiger partial charge in [0.2, 0.25) is 17.0 Å². The second-order valence-corrected chi connectivity index (χ2v) is 9.32. The molecule has 1 aliphatic carbocycles. The molecule has 2 aliphatic rings. The number of rotatable bonds is 6. The molecule has 11 nitrogen and oxygen atoms in total. The summed E-state index contributed by atoms with van der Waals surface area (Å²) in [6.45, 7) is 2.93. The molecule has 0 bridgehead atoms. The van der Waals surface area contributed by atoms with E-state index in [1.165, 1.54) is 19.2 Å². The fourth-order valence-corrected chi connectivity index (χ4v) is 4.54. The summed E-state index contributed by atoms with van der Waals surface area (Å²) < 4.78 is 5.71. The van der Waals surface area contributed by atoms with Crippen LogP contribution in [0.4, 0.5) is 22.7 Å². The number of hydrogen-bond acceptors (Lipinski definition) is 9. The van der Waals surface area contributed by atoms with Gasteiger partial charge in [0, 0.05) is 41.4 Å². The van der Waals surface area contributed by atoms with Crippen molar-refractivity contribution in [2.24, 2.45) is 0 Å². The van der Waals surface area contributed by atoms with Crippen LogP contribution in [0.3, 0.4) is 0 Å². The van der Waals surface area contributed by atoms with Gasteiger partial charge in [-0.2, -0.15) is 14.5 Å². The number of carbonyl (C=O) groups excluding carboxylic acids is 1. The first-order valence-electron chi connectivity index (χ1n) is 10.6. The van der Waals surface area contributed by atoms with E-state index in [4.69, 9.17) is 4.98 Å². The van der Waals surface area contributed by atoms with E-state index in [0.29, 0.717) is 29.3 Å². The normalized spacial score (nSPS) is 19.4. The van der Waals surface area contributed by atoms with Crippen molar-refractivity contribution in [3.8, 4) is 0 Å². The molecule has 5 heterocycles. The highest BCUT2D eigenvalue weighted by atomic mass is 32.1. The zero-order chi connectivity index (χ0) is 21.7. The van der Waals surface area contributed by atoms with E-state index >= 15 is 0 Å². The van der Waals surface area contributed by atoms with Crippen molar-refractivity contribution in [2.45, 2.75) is 44.1 Å². The highest BCUT2D eigenvalue weighted by molar-refractivity contribution is 7.09. The Kier molecular flexibility index (Phi) is 4.35. The van der Waals surface area contributed by atoms with Crippen LogP contribution in [0.15, 0.2) is 30.7 Å². The van der Waals surface area contributed by atoms with Gasteiger partial charge < -0.3 is 10.2 Å². The molecule has 0 spiro atoms. The average molecular weight is 451 g/mol. The van der Waals surface area contributed by atoms with Gasteiger partial charge in [0.05, 0.1) is 0 Å². The molecule has 32 heavy (non-hydrogen) atoms. The van der Waals surface area contributed by atoms with Crippen molar-refractivity contribution in [2.75, 3.05) is 22.1 Å². The van der Waals surface area contributed by atoms with Gasteiger partial charge in [-0.3, -0.25) is 15.2 Å². The minimum absolute atomic E-state index is 0.125. The molecular formula is C20H22N10OS. The highest BCUT2D eigenvalue weighted by Crippen LogP contribution is 2.47. The fourth-order valence-electron chi connectivity index (χ4n) is 4.11. The maximum absolute atomic E-state index is 12.9. The number of carbonyl (C=O) groups is 1. The minimum atomic E-state index is -0.369. The lowest BCUT2D eigenvalue weighted by Crippen LogP contribution is -2.40. The Morgan fingerprint density at radius 1 is 1.38 bits per heavy atom. The van der Waals surface area contributed by atoms with E-state index < -0.39 is 0 Å². The molecule has 12 heteroatoms. The summed E-state index contributed by atoms with van der Waals surface area (Å²) in [7, 11) is 0.